The molecule has 3 heteroatoms. The lowest BCUT2D eigenvalue weighted by Gasteiger charge is -2.23. The first-order chi connectivity index (χ1) is 7.09. The molecule has 0 aromatic rings. The Morgan fingerprint density at radius 1 is 1.33 bits per heavy atom. The number of esters is 1. The van der Waals surface area contributed by atoms with Crippen LogP contribution in [-0.4, -0.2) is 23.3 Å². The van der Waals surface area contributed by atoms with Crippen molar-refractivity contribution < 1.29 is 14.6 Å². The Hall–Kier alpha value is -0.570. The maximum Gasteiger partial charge on any atom is 0.335 e. The number of hydrogen-bond donors (Lipinski definition) is 1. The first-order valence-corrected chi connectivity index (χ1v) is 5.98. The Kier molecular flexibility index (Phi) is 5.09. The third-order valence-electron chi connectivity index (χ3n) is 2.80. The highest BCUT2D eigenvalue weighted by Gasteiger charge is 2.23. The summed E-state index contributed by atoms with van der Waals surface area (Å²) in [6, 6.07) is 0. The molecular weight excluding hydrogens is 192 g/mol. The molecule has 1 rings (SSSR count). The van der Waals surface area contributed by atoms with Gasteiger partial charge in [0.05, 0.1) is 0 Å². The SMILES string of the molecule is CC(C)C[C@H](O)C(=O)OC1CCCCC1. The number of carbonyl (C=O) groups is 1. The van der Waals surface area contributed by atoms with Crippen LogP contribution in [0, 0.1) is 5.92 Å². The van der Waals surface area contributed by atoms with Gasteiger partial charge >= 0.3 is 5.97 Å². The molecule has 15 heavy (non-hydrogen) atoms. The first-order valence-electron chi connectivity index (χ1n) is 5.98. The van der Waals surface area contributed by atoms with Crippen LogP contribution in [0.5, 0.6) is 0 Å². The van der Waals surface area contributed by atoms with Gasteiger partial charge in [0, 0.05) is 0 Å². The van der Waals surface area contributed by atoms with E-state index in [1.54, 1.807) is 0 Å². The van der Waals surface area contributed by atoms with Gasteiger partial charge in [-0.1, -0.05) is 20.3 Å². The van der Waals surface area contributed by atoms with Crippen LogP contribution in [0.1, 0.15) is 52.4 Å². The van der Waals surface area contributed by atoms with Crippen molar-refractivity contribution in [2.24, 2.45) is 5.92 Å². The average Bonchev–Trinajstić information content (AvgIpc) is 2.18. The summed E-state index contributed by atoms with van der Waals surface area (Å²) in [5.74, 6) is -0.116. The third-order valence-corrected chi connectivity index (χ3v) is 2.80. The summed E-state index contributed by atoms with van der Waals surface area (Å²) in [4.78, 5) is 11.5. The van der Waals surface area contributed by atoms with Crippen LogP contribution < -0.4 is 0 Å². The maximum atomic E-state index is 11.5. The van der Waals surface area contributed by atoms with Crippen molar-refractivity contribution in [2.45, 2.75) is 64.6 Å². The molecule has 1 N–H and O–H groups in total. The molecule has 1 aliphatic carbocycles. The Bertz CT molecular complexity index is 195. The molecule has 0 heterocycles. The van der Waals surface area contributed by atoms with E-state index in [-0.39, 0.29) is 6.10 Å². The zero-order chi connectivity index (χ0) is 11.3. The molecule has 0 aromatic carbocycles. The minimum absolute atomic E-state index is 0.0491. The van der Waals surface area contributed by atoms with Gasteiger partial charge in [-0.15, -0.1) is 0 Å². The lowest BCUT2D eigenvalue weighted by Crippen LogP contribution is -2.30. The van der Waals surface area contributed by atoms with E-state index < -0.39 is 12.1 Å². The fraction of sp³-hybridized carbons (Fsp3) is 0.917. The van der Waals surface area contributed by atoms with Gasteiger partial charge in [-0.25, -0.2) is 4.79 Å². The highest BCUT2D eigenvalue weighted by atomic mass is 16.6. The van der Waals surface area contributed by atoms with Crippen LogP contribution in [0.25, 0.3) is 0 Å². The molecule has 0 aromatic heterocycles. The zero-order valence-corrected chi connectivity index (χ0v) is 9.74. The van der Waals surface area contributed by atoms with Crippen molar-refractivity contribution in [3.8, 4) is 0 Å². The van der Waals surface area contributed by atoms with Crippen LogP contribution in [0.15, 0.2) is 0 Å². The third kappa shape index (κ3) is 4.65. The monoisotopic (exact) mass is 214 g/mol. The van der Waals surface area contributed by atoms with Gasteiger partial charge in [0.25, 0.3) is 0 Å². The van der Waals surface area contributed by atoms with Gasteiger partial charge in [-0.05, 0) is 38.0 Å². The smallest absolute Gasteiger partial charge is 0.335 e. The van der Waals surface area contributed by atoms with Crippen molar-refractivity contribution in [1.82, 2.24) is 0 Å². The van der Waals surface area contributed by atoms with Crippen molar-refractivity contribution in [1.29, 1.82) is 0 Å². The summed E-state index contributed by atoms with van der Waals surface area (Å²) in [7, 11) is 0. The number of hydrogen-bond acceptors (Lipinski definition) is 3. The predicted molar refractivity (Wildman–Crippen MR) is 58.4 cm³/mol. The van der Waals surface area contributed by atoms with Gasteiger partial charge in [0.2, 0.25) is 0 Å². The standard InChI is InChI=1S/C12H22O3/c1-9(2)8-11(13)12(14)15-10-6-4-3-5-7-10/h9-11,13H,3-8H2,1-2H3/t11-/m0/s1. The molecule has 0 spiro atoms. The van der Waals surface area contributed by atoms with E-state index in [2.05, 4.69) is 0 Å². The van der Waals surface area contributed by atoms with Gasteiger partial charge in [0.15, 0.2) is 6.10 Å². The number of ether oxygens (including phenoxy) is 1. The number of carbonyl (C=O) groups excluding carboxylic acids is 1. The molecule has 1 aliphatic rings. The minimum atomic E-state index is -0.938. The Morgan fingerprint density at radius 2 is 1.93 bits per heavy atom. The average molecular weight is 214 g/mol. The summed E-state index contributed by atoms with van der Waals surface area (Å²) >= 11 is 0. The van der Waals surface area contributed by atoms with Crippen molar-refractivity contribution in [3.05, 3.63) is 0 Å². The lowest BCUT2D eigenvalue weighted by molar-refractivity contribution is -0.161. The topological polar surface area (TPSA) is 46.5 Å². The number of aliphatic hydroxyl groups is 1. The molecule has 0 radical (unpaired) electrons. The van der Waals surface area contributed by atoms with E-state index in [0.29, 0.717) is 12.3 Å². The van der Waals surface area contributed by atoms with E-state index in [9.17, 15) is 9.90 Å². The minimum Gasteiger partial charge on any atom is -0.460 e. The van der Waals surface area contributed by atoms with Crippen LogP contribution in [0.4, 0.5) is 0 Å². The molecular formula is C12H22O3. The number of rotatable bonds is 4. The normalized spacial score (nSPS) is 20.3. The van der Waals surface area contributed by atoms with E-state index in [1.807, 2.05) is 13.8 Å². The number of aliphatic hydroxyl groups excluding tert-OH is 1. The summed E-state index contributed by atoms with van der Waals surface area (Å²) in [6.07, 6.45) is 5.03. The Morgan fingerprint density at radius 3 is 2.47 bits per heavy atom. The largest absolute Gasteiger partial charge is 0.460 e. The van der Waals surface area contributed by atoms with Gasteiger partial charge in [-0.3, -0.25) is 0 Å². The highest BCUT2D eigenvalue weighted by molar-refractivity contribution is 5.74. The first kappa shape index (κ1) is 12.5. The van der Waals surface area contributed by atoms with Gasteiger partial charge < -0.3 is 9.84 Å². The van der Waals surface area contributed by atoms with Gasteiger partial charge in [-0.2, -0.15) is 0 Å². The second kappa shape index (κ2) is 6.11. The summed E-state index contributed by atoms with van der Waals surface area (Å²) < 4.78 is 5.27. The molecule has 1 atom stereocenters. The van der Waals surface area contributed by atoms with Gasteiger partial charge in [0.1, 0.15) is 6.10 Å². The molecule has 0 bridgehead atoms. The molecule has 3 nitrogen and oxygen atoms in total. The van der Waals surface area contributed by atoms with Crippen LogP contribution in [-0.2, 0) is 9.53 Å². The van der Waals surface area contributed by atoms with Crippen LogP contribution >= 0.6 is 0 Å². The maximum absolute atomic E-state index is 11.5. The fourth-order valence-electron chi connectivity index (χ4n) is 1.97. The Balaban J connectivity index is 2.27. The van der Waals surface area contributed by atoms with E-state index in [1.165, 1.54) is 6.42 Å². The zero-order valence-electron chi connectivity index (χ0n) is 9.74. The summed E-state index contributed by atoms with van der Waals surface area (Å²) in [5.41, 5.74) is 0. The molecule has 0 aliphatic heterocycles. The quantitative estimate of drug-likeness (QED) is 0.730. The molecule has 1 fully saturated rings. The lowest BCUT2D eigenvalue weighted by atomic mass is 9.97. The predicted octanol–water partition coefficient (Wildman–Crippen LogP) is 2.27. The highest BCUT2D eigenvalue weighted by Crippen LogP contribution is 2.21. The molecule has 0 amide bonds. The van der Waals surface area contributed by atoms with E-state index in [0.717, 1.165) is 25.7 Å². The van der Waals surface area contributed by atoms with Crippen LogP contribution in [0.3, 0.4) is 0 Å². The van der Waals surface area contributed by atoms with E-state index in [4.69, 9.17) is 4.74 Å². The fourth-order valence-corrected chi connectivity index (χ4v) is 1.97. The van der Waals surface area contributed by atoms with Crippen molar-refractivity contribution in [2.75, 3.05) is 0 Å². The Labute approximate surface area is 91.8 Å². The van der Waals surface area contributed by atoms with Crippen LogP contribution in [0.2, 0.25) is 0 Å². The molecule has 0 unspecified atom stereocenters. The summed E-state index contributed by atoms with van der Waals surface area (Å²) in [5, 5.41) is 9.54. The summed E-state index contributed by atoms with van der Waals surface area (Å²) in [6.45, 7) is 3.97. The van der Waals surface area contributed by atoms with Crippen molar-refractivity contribution in [3.63, 3.8) is 0 Å². The molecule has 0 saturated heterocycles. The molecule has 1 saturated carbocycles. The second-order valence-corrected chi connectivity index (χ2v) is 4.84. The van der Waals surface area contributed by atoms with E-state index >= 15 is 0 Å². The second-order valence-electron chi connectivity index (χ2n) is 4.84. The van der Waals surface area contributed by atoms with Crippen molar-refractivity contribution >= 4 is 5.97 Å². The molecule has 88 valence electrons.